The van der Waals surface area contributed by atoms with Crippen LogP contribution in [0.5, 0.6) is 5.75 Å². The van der Waals surface area contributed by atoms with Crippen molar-refractivity contribution in [3.63, 3.8) is 0 Å². The van der Waals surface area contributed by atoms with Crippen molar-refractivity contribution < 1.29 is 24.5 Å². The fraction of sp³-hybridized carbons (Fsp3) is 0.526. The highest BCUT2D eigenvalue weighted by atomic mass is 16.5. The Morgan fingerprint density at radius 2 is 2.14 bits per heavy atom. The largest absolute Gasteiger partial charge is 0.491 e. The molecule has 2 fully saturated rings. The van der Waals surface area contributed by atoms with Gasteiger partial charge in [0.2, 0.25) is 0 Å². The number of aliphatic imine (C=N–C) groups is 1. The second-order valence-electron chi connectivity index (χ2n) is 6.99. The number of likely N-dealkylation sites (N-methyl/N-ethyl adjacent to an activating group) is 1. The summed E-state index contributed by atoms with van der Waals surface area (Å²) in [4.78, 5) is 31.6. The van der Waals surface area contributed by atoms with Crippen LogP contribution in [0.3, 0.4) is 0 Å². The average molecular weight is 405 g/mol. The number of aliphatic hydroxyl groups is 2. The Labute approximate surface area is 169 Å². The van der Waals surface area contributed by atoms with Gasteiger partial charge in [0, 0.05) is 7.05 Å². The molecule has 4 N–H and O–H groups in total. The van der Waals surface area contributed by atoms with E-state index < -0.39 is 30.2 Å². The van der Waals surface area contributed by atoms with Gasteiger partial charge in [-0.15, -0.1) is 0 Å². The lowest BCUT2D eigenvalue weighted by molar-refractivity contribution is -0.127. The van der Waals surface area contributed by atoms with Gasteiger partial charge in [-0.1, -0.05) is 19.1 Å². The summed E-state index contributed by atoms with van der Waals surface area (Å²) in [5.41, 5.74) is 1.13. The molecule has 29 heavy (non-hydrogen) atoms. The van der Waals surface area contributed by atoms with E-state index in [9.17, 15) is 14.7 Å². The van der Waals surface area contributed by atoms with Gasteiger partial charge in [-0.2, -0.15) is 0 Å². The number of rotatable bonds is 8. The van der Waals surface area contributed by atoms with Crippen molar-refractivity contribution in [1.29, 1.82) is 0 Å². The Kier molecular flexibility index (Phi) is 6.55. The SMILES string of the molecule is CCc1cccc(OCC(O)CN2C(=NCCO)NC3C2C(=O)NC(=O)N3C)c1. The highest BCUT2D eigenvalue weighted by Gasteiger charge is 2.50. The van der Waals surface area contributed by atoms with Gasteiger partial charge in [0.25, 0.3) is 5.91 Å². The van der Waals surface area contributed by atoms with Crippen molar-refractivity contribution in [1.82, 2.24) is 20.4 Å². The molecule has 3 atom stereocenters. The minimum atomic E-state index is -0.907. The van der Waals surface area contributed by atoms with Crippen molar-refractivity contribution >= 4 is 17.9 Å². The molecule has 2 saturated heterocycles. The number of benzene rings is 1. The standard InChI is InChI=1S/C19H27N5O5/c1-3-12-5-4-6-14(9-12)29-11-13(26)10-24-15-16(21-18(24)20-7-8-25)23(2)19(28)22-17(15)27/h4-6,9,13,15-16,25-26H,3,7-8,10-11H2,1-2H3,(H,20,21)(H,22,27,28). The molecule has 0 radical (unpaired) electrons. The molecule has 0 spiro atoms. The predicted molar refractivity (Wildman–Crippen MR) is 105 cm³/mol. The Morgan fingerprint density at radius 3 is 2.86 bits per heavy atom. The van der Waals surface area contributed by atoms with Gasteiger partial charge < -0.3 is 30.1 Å². The Balaban J connectivity index is 1.70. The first kappa shape index (κ1) is 20.9. The van der Waals surface area contributed by atoms with Crippen LogP contribution in [0.2, 0.25) is 0 Å². The van der Waals surface area contributed by atoms with E-state index in [0.717, 1.165) is 12.0 Å². The van der Waals surface area contributed by atoms with Gasteiger partial charge in [-0.3, -0.25) is 15.1 Å². The third-order valence-electron chi connectivity index (χ3n) is 4.94. The van der Waals surface area contributed by atoms with E-state index in [2.05, 4.69) is 22.5 Å². The van der Waals surface area contributed by atoms with E-state index in [1.54, 1.807) is 11.9 Å². The Hall–Kier alpha value is -2.85. The molecule has 2 heterocycles. The summed E-state index contributed by atoms with van der Waals surface area (Å²) < 4.78 is 5.70. The maximum atomic E-state index is 12.4. The lowest BCUT2D eigenvalue weighted by Crippen LogP contribution is -2.65. The molecule has 10 nitrogen and oxygen atoms in total. The average Bonchev–Trinajstić information content (AvgIpc) is 3.08. The van der Waals surface area contributed by atoms with Gasteiger partial charge in [0.1, 0.15) is 24.6 Å². The second-order valence-corrected chi connectivity index (χ2v) is 6.99. The summed E-state index contributed by atoms with van der Waals surface area (Å²) in [5, 5.41) is 24.9. The number of carbonyl (C=O) groups is 2. The number of imide groups is 1. The number of carbonyl (C=O) groups excluding carboxylic acids is 2. The number of β-amino-alcohol motifs (C(OH)–C–C–N with tert-alkyl or cyclic N) is 1. The molecule has 0 aromatic heterocycles. The van der Waals surface area contributed by atoms with E-state index >= 15 is 0 Å². The number of aliphatic hydroxyl groups excluding tert-OH is 2. The van der Waals surface area contributed by atoms with E-state index in [-0.39, 0.29) is 26.3 Å². The molecule has 3 unspecified atom stereocenters. The molecule has 1 aromatic rings. The monoisotopic (exact) mass is 405 g/mol. The van der Waals surface area contributed by atoms with Gasteiger partial charge in [0.05, 0.1) is 19.7 Å². The van der Waals surface area contributed by atoms with Gasteiger partial charge in [-0.05, 0) is 24.1 Å². The zero-order valence-corrected chi connectivity index (χ0v) is 16.5. The van der Waals surface area contributed by atoms with E-state index in [1.165, 1.54) is 4.90 Å². The maximum absolute atomic E-state index is 12.4. The third kappa shape index (κ3) is 4.60. The van der Waals surface area contributed by atoms with Crippen molar-refractivity contribution in [3.05, 3.63) is 29.8 Å². The van der Waals surface area contributed by atoms with E-state index in [1.807, 2.05) is 24.3 Å². The topological polar surface area (TPSA) is 127 Å². The number of hydrogen-bond donors (Lipinski definition) is 4. The maximum Gasteiger partial charge on any atom is 0.325 e. The van der Waals surface area contributed by atoms with Crippen LogP contribution in [0.1, 0.15) is 12.5 Å². The van der Waals surface area contributed by atoms with E-state index in [4.69, 9.17) is 9.84 Å². The van der Waals surface area contributed by atoms with Crippen LogP contribution in [0.4, 0.5) is 4.79 Å². The number of nitrogens with one attached hydrogen (secondary N) is 2. The zero-order chi connectivity index (χ0) is 21.0. The number of guanidine groups is 1. The first-order chi connectivity index (χ1) is 13.9. The van der Waals surface area contributed by atoms with Gasteiger partial charge in [-0.25, -0.2) is 4.79 Å². The van der Waals surface area contributed by atoms with Crippen molar-refractivity contribution in [2.24, 2.45) is 4.99 Å². The number of fused-ring (bicyclic) bond motifs is 1. The van der Waals surface area contributed by atoms with Crippen LogP contribution < -0.4 is 15.4 Å². The summed E-state index contributed by atoms with van der Waals surface area (Å²) in [7, 11) is 1.57. The molecular weight excluding hydrogens is 378 g/mol. The molecule has 158 valence electrons. The summed E-state index contributed by atoms with van der Waals surface area (Å²) in [5.74, 6) is 0.539. The summed E-state index contributed by atoms with van der Waals surface area (Å²) in [6.45, 7) is 2.13. The minimum absolute atomic E-state index is 0.0325. The normalized spacial score (nSPS) is 23.7. The molecule has 3 rings (SSSR count). The number of nitrogens with zero attached hydrogens (tertiary/aromatic N) is 3. The lowest BCUT2D eigenvalue weighted by atomic mass is 10.1. The number of hydrogen-bond acceptors (Lipinski definition) is 6. The summed E-state index contributed by atoms with van der Waals surface area (Å²) in [6.07, 6.45) is -0.632. The number of ether oxygens (including phenoxy) is 1. The van der Waals surface area contributed by atoms with E-state index in [0.29, 0.717) is 11.7 Å². The molecule has 10 heteroatoms. The summed E-state index contributed by atoms with van der Waals surface area (Å²) >= 11 is 0. The van der Waals surface area contributed by atoms with Crippen LogP contribution in [-0.4, -0.2) is 89.6 Å². The quantitative estimate of drug-likeness (QED) is 0.442. The van der Waals surface area contributed by atoms with Crippen molar-refractivity contribution in [2.45, 2.75) is 31.7 Å². The predicted octanol–water partition coefficient (Wildman–Crippen LogP) is -0.881. The van der Waals surface area contributed by atoms with Crippen LogP contribution in [0.15, 0.2) is 29.3 Å². The zero-order valence-electron chi connectivity index (χ0n) is 16.5. The van der Waals surface area contributed by atoms with Gasteiger partial charge >= 0.3 is 6.03 Å². The molecule has 2 aliphatic heterocycles. The molecule has 0 saturated carbocycles. The Morgan fingerprint density at radius 1 is 1.34 bits per heavy atom. The smallest absolute Gasteiger partial charge is 0.325 e. The van der Waals surface area contributed by atoms with Gasteiger partial charge in [0.15, 0.2) is 12.0 Å². The molecule has 0 aliphatic carbocycles. The molecule has 3 amide bonds. The number of urea groups is 1. The molecule has 0 bridgehead atoms. The fourth-order valence-corrected chi connectivity index (χ4v) is 3.40. The fourth-order valence-electron chi connectivity index (χ4n) is 3.40. The summed E-state index contributed by atoms with van der Waals surface area (Å²) in [6, 6.07) is 6.39. The van der Waals surface area contributed by atoms with Crippen molar-refractivity contribution in [2.75, 3.05) is 33.4 Å². The second kappa shape index (κ2) is 9.10. The van der Waals surface area contributed by atoms with Crippen molar-refractivity contribution in [3.8, 4) is 5.75 Å². The number of amides is 3. The highest BCUT2D eigenvalue weighted by Crippen LogP contribution is 2.21. The Bertz CT molecular complexity index is 786. The van der Waals surface area contributed by atoms with Crippen LogP contribution in [0.25, 0.3) is 0 Å². The lowest BCUT2D eigenvalue weighted by Gasteiger charge is -2.35. The number of aryl methyl sites for hydroxylation is 1. The molecule has 2 aliphatic rings. The molecular formula is C19H27N5O5. The van der Waals surface area contributed by atoms with Crippen LogP contribution >= 0.6 is 0 Å². The first-order valence-corrected chi connectivity index (χ1v) is 9.60. The van der Waals surface area contributed by atoms with Crippen LogP contribution in [-0.2, 0) is 11.2 Å². The third-order valence-corrected chi connectivity index (χ3v) is 4.94. The minimum Gasteiger partial charge on any atom is -0.491 e. The first-order valence-electron chi connectivity index (χ1n) is 9.60. The highest BCUT2D eigenvalue weighted by molar-refractivity contribution is 6.04. The van der Waals surface area contributed by atoms with Crippen LogP contribution in [0, 0.1) is 0 Å². The molecule has 1 aromatic carbocycles.